The second-order valence-electron chi connectivity index (χ2n) is 3.46. The molecule has 0 aliphatic rings. The van der Waals surface area contributed by atoms with Gasteiger partial charge in [0.2, 0.25) is 0 Å². The number of rotatable bonds is 0. The molecule has 0 amide bonds. The van der Waals surface area contributed by atoms with Crippen LogP contribution in [0.2, 0.25) is 0 Å². The molecular weight excluding hydrogens is 206 g/mol. The smallest absolute Gasteiger partial charge is 0.136 e. The molecule has 0 atom stereocenters. The van der Waals surface area contributed by atoms with Crippen molar-refractivity contribution in [2.24, 2.45) is 0 Å². The zero-order valence-corrected chi connectivity index (χ0v) is 8.51. The van der Waals surface area contributed by atoms with Crippen LogP contribution >= 0.6 is 15.9 Å². The molecule has 1 rings (SSSR count). The first-order chi connectivity index (χ1) is 4.93. The number of anilines is 1. The van der Waals surface area contributed by atoms with Gasteiger partial charge in [-0.05, 0) is 36.7 Å². The Labute approximate surface area is 74.7 Å². The second kappa shape index (κ2) is 2.52. The molecule has 2 N–H and O–H groups in total. The Morgan fingerprint density at radius 3 is 2.27 bits per heavy atom. The van der Waals surface area contributed by atoms with E-state index in [1.54, 1.807) is 10.9 Å². The lowest BCUT2D eigenvalue weighted by molar-refractivity contribution is 0.361. The van der Waals surface area contributed by atoms with Crippen molar-refractivity contribution in [2.45, 2.75) is 26.3 Å². The van der Waals surface area contributed by atoms with Gasteiger partial charge in [-0.1, -0.05) is 0 Å². The number of aromatic nitrogens is 2. The van der Waals surface area contributed by atoms with Crippen molar-refractivity contribution < 1.29 is 0 Å². The van der Waals surface area contributed by atoms with Crippen LogP contribution in [0.5, 0.6) is 0 Å². The van der Waals surface area contributed by atoms with Gasteiger partial charge in [0, 0.05) is 0 Å². The topological polar surface area (TPSA) is 43.8 Å². The summed E-state index contributed by atoms with van der Waals surface area (Å²) < 4.78 is 2.64. The highest BCUT2D eigenvalue weighted by atomic mass is 79.9. The fourth-order valence-electron chi connectivity index (χ4n) is 0.872. The van der Waals surface area contributed by atoms with Crippen molar-refractivity contribution in [1.82, 2.24) is 9.78 Å². The molecule has 0 fully saturated rings. The van der Waals surface area contributed by atoms with Gasteiger partial charge in [0.25, 0.3) is 0 Å². The first kappa shape index (κ1) is 8.59. The van der Waals surface area contributed by atoms with E-state index in [-0.39, 0.29) is 5.54 Å². The molecule has 62 valence electrons. The maximum atomic E-state index is 5.74. The van der Waals surface area contributed by atoms with Crippen LogP contribution in [-0.2, 0) is 5.54 Å². The summed E-state index contributed by atoms with van der Waals surface area (Å²) in [4.78, 5) is 0. The maximum absolute atomic E-state index is 5.74. The van der Waals surface area contributed by atoms with Crippen LogP contribution < -0.4 is 5.73 Å². The van der Waals surface area contributed by atoms with Crippen molar-refractivity contribution in [3.63, 3.8) is 0 Å². The van der Waals surface area contributed by atoms with Crippen molar-refractivity contribution in [3.05, 3.63) is 10.7 Å². The highest BCUT2D eigenvalue weighted by Gasteiger charge is 2.17. The molecule has 1 aromatic rings. The predicted molar refractivity (Wildman–Crippen MR) is 49.3 cm³/mol. The number of nitrogens with zero attached hydrogens (tertiary/aromatic N) is 2. The SMILES string of the molecule is CC(C)(C)n1ncc(Br)c1N. The van der Waals surface area contributed by atoms with Crippen molar-refractivity contribution in [3.8, 4) is 0 Å². The van der Waals surface area contributed by atoms with Crippen molar-refractivity contribution in [1.29, 1.82) is 0 Å². The van der Waals surface area contributed by atoms with Crippen LogP contribution in [-0.4, -0.2) is 9.78 Å². The molecule has 0 aliphatic heterocycles. The van der Waals surface area contributed by atoms with Gasteiger partial charge in [-0.25, -0.2) is 4.68 Å². The van der Waals surface area contributed by atoms with Gasteiger partial charge in [-0.3, -0.25) is 0 Å². The van der Waals surface area contributed by atoms with Crippen LogP contribution in [0.25, 0.3) is 0 Å². The largest absolute Gasteiger partial charge is 0.383 e. The summed E-state index contributed by atoms with van der Waals surface area (Å²) in [5.41, 5.74) is 5.70. The third kappa shape index (κ3) is 1.56. The average molecular weight is 218 g/mol. The standard InChI is InChI=1S/C7H12BrN3/c1-7(2,3)11-6(9)5(8)4-10-11/h4H,9H2,1-3H3. The van der Waals surface area contributed by atoms with Crippen LogP contribution in [0.3, 0.4) is 0 Å². The fourth-order valence-corrected chi connectivity index (χ4v) is 1.13. The average Bonchev–Trinajstić information content (AvgIpc) is 2.11. The Bertz CT molecular complexity index is 259. The van der Waals surface area contributed by atoms with Crippen LogP contribution in [0.15, 0.2) is 10.7 Å². The van der Waals surface area contributed by atoms with Gasteiger partial charge in [-0.2, -0.15) is 5.10 Å². The first-order valence-corrected chi connectivity index (χ1v) is 4.21. The Kier molecular flexibility index (Phi) is 1.96. The summed E-state index contributed by atoms with van der Waals surface area (Å²) in [6.45, 7) is 6.17. The quantitative estimate of drug-likeness (QED) is 0.723. The van der Waals surface area contributed by atoms with Gasteiger partial charge < -0.3 is 5.73 Å². The lowest BCUT2D eigenvalue weighted by atomic mass is 10.1. The van der Waals surface area contributed by atoms with Crippen LogP contribution in [0.4, 0.5) is 5.82 Å². The first-order valence-electron chi connectivity index (χ1n) is 3.42. The number of hydrogen-bond acceptors (Lipinski definition) is 2. The van der Waals surface area contributed by atoms with Crippen LogP contribution in [0, 0.1) is 0 Å². The van der Waals surface area contributed by atoms with Crippen LogP contribution in [0.1, 0.15) is 20.8 Å². The van der Waals surface area contributed by atoms with E-state index in [0.29, 0.717) is 5.82 Å². The van der Waals surface area contributed by atoms with Gasteiger partial charge >= 0.3 is 0 Å². The van der Waals surface area contributed by atoms with Gasteiger partial charge in [0.05, 0.1) is 16.2 Å². The molecular formula is C7H12BrN3. The molecule has 0 aromatic carbocycles. The van der Waals surface area contributed by atoms with Crippen molar-refractivity contribution >= 4 is 21.7 Å². The molecule has 0 saturated heterocycles. The zero-order valence-electron chi connectivity index (χ0n) is 6.93. The molecule has 1 aromatic heterocycles. The molecule has 0 bridgehead atoms. The summed E-state index contributed by atoms with van der Waals surface area (Å²) in [7, 11) is 0. The summed E-state index contributed by atoms with van der Waals surface area (Å²) in [6, 6.07) is 0. The van der Waals surface area contributed by atoms with E-state index in [1.807, 2.05) is 0 Å². The Morgan fingerprint density at radius 2 is 2.09 bits per heavy atom. The third-order valence-electron chi connectivity index (χ3n) is 1.39. The summed E-state index contributed by atoms with van der Waals surface area (Å²) in [5.74, 6) is 0.678. The molecule has 11 heavy (non-hydrogen) atoms. The summed E-state index contributed by atoms with van der Waals surface area (Å²) >= 11 is 3.30. The van der Waals surface area contributed by atoms with E-state index in [4.69, 9.17) is 5.73 Å². The molecule has 0 unspecified atom stereocenters. The highest BCUT2D eigenvalue weighted by Crippen LogP contribution is 2.24. The van der Waals surface area contributed by atoms with E-state index in [1.165, 1.54) is 0 Å². The van der Waals surface area contributed by atoms with E-state index in [9.17, 15) is 0 Å². The lowest BCUT2D eigenvalue weighted by Crippen LogP contribution is -2.24. The van der Waals surface area contributed by atoms with Gasteiger partial charge in [0.15, 0.2) is 0 Å². The summed E-state index contributed by atoms with van der Waals surface area (Å²) in [5, 5.41) is 4.13. The highest BCUT2D eigenvalue weighted by molar-refractivity contribution is 9.10. The van der Waals surface area contributed by atoms with Gasteiger partial charge in [-0.15, -0.1) is 0 Å². The van der Waals surface area contributed by atoms with Crippen molar-refractivity contribution in [2.75, 3.05) is 5.73 Å². The monoisotopic (exact) mass is 217 g/mol. The minimum atomic E-state index is -0.0455. The molecule has 3 nitrogen and oxygen atoms in total. The second-order valence-corrected chi connectivity index (χ2v) is 4.31. The Morgan fingerprint density at radius 1 is 1.55 bits per heavy atom. The van der Waals surface area contributed by atoms with E-state index < -0.39 is 0 Å². The fraction of sp³-hybridized carbons (Fsp3) is 0.571. The lowest BCUT2D eigenvalue weighted by Gasteiger charge is -2.20. The molecule has 1 heterocycles. The molecule has 0 aliphatic carbocycles. The molecule has 0 saturated carbocycles. The minimum absolute atomic E-state index is 0.0455. The number of hydrogen-bond donors (Lipinski definition) is 1. The predicted octanol–water partition coefficient (Wildman–Crippen LogP) is 1.98. The zero-order chi connectivity index (χ0) is 8.65. The van der Waals surface area contributed by atoms with E-state index in [0.717, 1.165) is 4.47 Å². The van der Waals surface area contributed by atoms with Gasteiger partial charge in [0.1, 0.15) is 5.82 Å². The number of halogens is 1. The Hall–Kier alpha value is -0.510. The number of nitrogens with two attached hydrogens (primary N) is 1. The normalized spacial score (nSPS) is 12.0. The molecule has 0 spiro atoms. The third-order valence-corrected chi connectivity index (χ3v) is 2.01. The van der Waals surface area contributed by atoms with E-state index in [2.05, 4.69) is 41.8 Å². The van der Waals surface area contributed by atoms with E-state index >= 15 is 0 Å². The summed E-state index contributed by atoms with van der Waals surface area (Å²) in [6.07, 6.45) is 1.71. The maximum Gasteiger partial charge on any atom is 0.136 e. The minimum Gasteiger partial charge on any atom is -0.383 e. The molecule has 0 radical (unpaired) electrons. The molecule has 4 heteroatoms. The Balaban J connectivity index is 3.15. The number of nitrogen functional groups attached to an aromatic ring is 1.